The van der Waals surface area contributed by atoms with E-state index in [1.54, 1.807) is 6.08 Å². The van der Waals surface area contributed by atoms with Crippen molar-refractivity contribution < 1.29 is 14.0 Å². The fourth-order valence-electron chi connectivity index (χ4n) is 0.733. The van der Waals surface area contributed by atoms with Crippen molar-refractivity contribution in [2.75, 3.05) is 7.11 Å². The standard InChI is InChI=1S/C7H14O3Si/c1-3-4-5-6(10-11)7(8)9-2/h3,6H,1,4-5H2,2,11H3. The first-order valence-electron chi connectivity index (χ1n) is 3.47. The third-order valence-corrected chi connectivity index (χ3v) is 1.95. The molecule has 1 unspecified atom stereocenters. The molecule has 0 aromatic rings. The summed E-state index contributed by atoms with van der Waals surface area (Å²) in [7, 11) is 1.92. The van der Waals surface area contributed by atoms with Crippen molar-refractivity contribution in [3.8, 4) is 0 Å². The number of ether oxygens (including phenoxy) is 1. The summed E-state index contributed by atoms with van der Waals surface area (Å²) in [6, 6.07) is 0. The van der Waals surface area contributed by atoms with E-state index in [1.807, 2.05) is 0 Å². The Hall–Kier alpha value is -0.613. The Morgan fingerprint density at radius 3 is 2.82 bits per heavy atom. The van der Waals surface area contributed by atoms with Crippen LogP contribution in [0.15, 0.2) is 12.7 Å². The summed E-state index contributed by atoms with van der Waals surface area (Å²) in [4.78, 5) is 10.9. The van der Waals surface area contributed by atoms with Crippen LogP contribution in [0.3, 0.4) is 0 Å². The van der Waals surface area contributed by atoms with Crippen LogP contribution in [-0.4, -0.2) is 29.7 Å². The summed E-state index contributed by atoms with van der Waals surface area (Å²) in [5.74, 6) is -0.290. The summed E-state index contributed by atoms with van der Waals surface area (Å²) in [5.41, 5.74) is 0. The lowest BCUT2D eigenvalue weighted by atomic mass is 10.2. The van der Waals surface area contributed by atoms with Gasteiger partial charge < -0.3 is 9.16 Å². The molecule has 64 valence electrons. The molecular weight excluding hydrogens is 160 g/mol. The van der Waals surface area contributed by atoms with Crippen LogP contribution in [-0.2, 0) is 14.0 Å². The van der Waals surface area contributed by atoms with Crippen LogP contribution in [0.2, 0.25) is 0 Å². The van der Waals surface area contributed by atoms with E-state index in [2.05, 4.69) is 11.3 Å². The van der Waals surface area contributed by atoms with Gasteiger partial charge in [0.25, 0.3) is 0 Å². The van der Waals surface area contributed by atoms with Crippen molar-refractivity contribution in [1.29, 1.82) is 0 Å². The third-order valence-electron chi connectivity index (χ3n) is 1.38. The van der Waals surface area contributed by atoms with Crippen molar-refractivity contribution in [3.63, 3.8) is 0 Å². The number of hydrogen-bond donors (Lipinski definition) is 0. The lowest BCUT2D eigenvalue weighted by Crippen LogP contribution is -2.24. The molecule has 0 radical (unpaired) electrons. The Morgan fingerprint density at radius 2 is 2.45 bits per heavy atom. The zero-order valence-corrected chi connectivity index (χ0v) is 9.00. The van der Waals surface area contributed by atoms with Crippen LogP contribution >= 0.6 is 0 Å². The van der Waals surface area contributed by atoms with Gasteiger partial charge in [0.15, 0.2) is 0 Å². The Labute approximate surface area is 69.9 Å². The largest absolute Gasteiger partial charge is 0.467 e. The van der Waals surface area contributed by atoms with Gasteiger partial charge in [-0.05, 0) is 12.8 Å². The monoisotopic (exact) mass is 174 g/mol. The SMILES string of the molecule is C=CCCC(O[SiH3])C(=O)OC. The van der Waals surface area contributed by atoms with Gasteiger partial charge in [0.1, 0.15) is 16.6 Å². The van der Waals surface area contributed by atoms with Gasteiger partial charge in [-0.25, -0.2) is 4.79 Å². The molecule has 0 aromatic carbocycles. The van der Waals surface area contributed by atoms with Crippen LogP contribution in [0.5, 0.6) is 0 Å². The topological polar surface area (TPSA) is 35.5 Å². The molecule has 0 spiro atoms. The first-order chi connectivity index (χ1) is 5.26. The minimum Gasteiger partial charge on any atom is -0.467 e. The highest BCUT2D eigenvalue weighted by Crippen LogP contribution is 2.02. The van der Waals surface area contributed by atoms with E-state index in [9.17, 15) is 4.79 Å². The molecular formula is C7H14O3Si. The number of carbonyl (C=O) groups excluding carboxylic acids is 1. The number of hydrogen-bond acceptors (Lipinski definition) is 3. The van der Waals surface area contributed by atoms with E-state index >= 15 is 0 Å². The summed E-state index contributed by atoms with van der Waals surface area (Å²) in [6.45, 7) is 3.56. The van der Waals surface area contributed by atoms with Crippen molar-refractivity contribution >= 4 is 16.5 Å². The second kappa shape index (κ2) is 6.12. The molecule has 4 heteroatoms. The fourth-order valence-corrected chi connectivity index (χ4v) is 1.16. The lowest BCUT2D eigenvalue weighted by molar-refractivity contribution is -0.148. The molecule has 0 amide bonds. The van der Waals surface area contributed by atoms with Gasteiger partial charge >= 0.3 is 5.97 Å². The maximum Gasteiger partial charge on any atom is 0.333 e. The molecule has 0 saturated carbocycles. The maximum atomic E-state index is 10.9. The molecule has 0 fully saturated rings. The van der Waals surface area contributed by atoms with Gasteiger partial charge in [-0.15, -0.1) is 6.58 Å². The molecule has 0 aliphatic heterocycles. The van der Waals surface area contributed by atoms with Gasteiger partial charge in [-0.2, -0.15) is 0 Å². The molecule has 0 saturated heterocycles. The summed E-state index contributed by atoms with van der Waals surface area (Å²) >= 11 is 0. The molecule has 0 aliphatic rings. The molecule has 0 aliphatic carbocycles. The normalized spacial score (nSPS) is 12.5. The number of esters is 1. The Kier molecular flexibility index (Phi) is 5.78. The van der Waals surface area contributed by atoms with Crippen molar-refractivity contribution in [3.05, 3.63) is 12.7 Å². The van der Waals surface area contributed by atoms with Gasteiger partial charge in [-0.3, -0.25) is 0 Å². The average molecular weight is 174 g/mol. The molecule has 11 heavy (non-hydrogen) atoms. The van der Waals surface area contributed by atoms with Gasteiger partial charge in [0.05, 0.1) is 7.11 Å². The fraction of sp³-hybridized carbons (Fsp3) is 0.571. The van der Waals surface area contributed by atoms with Crippen LogP contribution < -0.4 is 0 Å². The van der Waals surface area contributed by atoms with Crippen molar-refractivity contribution in [2.24, 2.45) is 0 Å². The van der Waals surface area contributed by atoms with Crippen LogP contribution in [0.25, 0.3) is 0 Å². The van der Waals surface area contributed by atoms with E-state index in [-0.39, 0.29) is 12.1 Å². The highest BCUT2D eigenvalue weighted by molar-refractivity contribution is 5.99. The molecule has 1 atom stereocenters. The summed E-state index contributed by atoms with van der Waals surface area (Å²) < 4.78 is 9.55. The minimum absolute atomic E-state index is 0.290. The first-order valence-corrected chi connectivity index (χ1v) is 4.29. The average Bonchev–Trinajstić information content (AvgIpc) is 2.05. The van der Waals surface area contributed by atoms with Crippen molar-refractivity contribution in [2.45, 2.75) is 18.9 Å². The Balaban J connectivity index is 3.74. The predicted octanol–water partition coefficient (Wildman–Crippen LogP) is -0.209. The highest BCUT2D eigenvalue weighted by Gasteiger charge is 2.15. The smallest absolute Gasteiger partial charge is 0.333 e. The van der Waals surface area contributed by atoms with E-state index in [4.69, 9.17) is 4.43 Å². The van der Waals surface area contributed by atoms with Crippen LogP contribution in [0.4, 0.5) is 0 Å². The first kappa shape index (κ1) is 10.4. The quantitative estimate of drug-likeness (QED) is 0.329. The van der Waals surface area contributed by atoms with Crippen molar-refractivity contribution in [1.82, 2.24) is 0 Å². The van der Waals surface area contributed by atoms with Gasteiger partial charge in [0, 0.05) is 0 Å². The van der Waals surface area contributed by atoms with Gasteiger partial charge in [-0.1, -0.05) is 6.08 Å². The van der Waals surface area contributed by atoms with Gasteiger partial charge in [0.2, 0.25) is 0 Å². The zero-order chi connectivity index (χ0) is 8.69. The molecule has 0 heterocycles. The van der Waals surface area contributed by atoms with Crippen LogP contribution in [0, 0.1) is 0 Å². The summed E-state index contributed by atoms with van der Waals surface area (Å²) in [5, 5.41) is 0. The Bertz CT molecular complexity index is 136. The lowest BCUT2D eigenvalue weighted by Gasteiger charge is -2.11. The summed E-state index contributed by atoms with van der Waals surface area (Å²) in [6.07, 6.45) is 2.82. The highest BCUT2D eigenvalue weighted by atomic mass is 28.2. The maximum absolute atomic E-state index is 10.9. The van der Waals surface area contributed by atoms with E-state index in [0.29, 0.717) is 16.9 Å². The molecule has 0 rings (SSSR count). The van der Waals surface area contributed by atoms with Crippen LogP contribution in [0.1, 0.15) is 12.8 Å². The number of methoxy groups -OCH3 is 1. The second-order valence-corrected chi connectivity index (χ2v) is 2.58. The molecule has 0 aromatic heterocycles. The zero-order valence-electron chi connectivity index (χ0n) is 7.00. The Morgan fingerprint density at radius 1 is 1.82 bits per heavy atom. The number of carbonyl (C=O) groups is 1. The minimum atomic E-state index is -0.385. The molecule has 0 bridgehead atoms. The van der Waals surface area contributed by atoms with E-state index < -0.39 is 0 Å². The predicted molar refractivity (Wildman–Crippen MR) is 46.3 cm³/mol. The number of allylic oxidation sites excluding steroid dienone is 1. The van der Waals surface area contributed by atoms with E-state index in [1.165, 1.54) is 7.11 Å². The number of rotatable bonds is 5. The molecule has 0 N–H and O–H groups in total. The van der Waals surface area contributed by atoms with E-state index in [0.717, 1.165) is 6.42 Å². The second-order valence-electron chi connectivity index (χ2n) is 2.11. The molecule has 3 nitrogen and oxygen atoms in total. The third kappa shape index (κ3) is 3.95.